The van der Waals surface area contributed by atoms with Gasteiger partial charge in [-0.05, 0) is 37.8 Å². The third-order valence-electron chi connectivity index (χ3n) is 6.47. The van der Waals surface area contributed by atoms with Crippen molar-refractivity contribution in [2.75, 3.05) is 29.9 Å². The second-order valence-corrected chi connectivity index (χ2v) is 8.87. The van der Waals surface area contributed by atoms with E-state index in [0.717, 1.165) is 31.2 Å². The molecule has 33 heavy (non-hydrogen) atoms. The quantitative estimate of drug-likeness (QED) is 0.502. The maximum Gasteiger partial charge on any atom is 0.257 e. The topological polar surface area (TPSA) is 87.5 Å². The minimum Gasteiger partial charge on any atom is -0.367 e. The van der Waals surface area contributed by atoms with E-state index in [9.17, 15) is 9.18 Å². The first-order valence-electron chi connectivity index (χ1n) is 11.2. The molecule has 0 spiro atoms. The van der Waals surface area contributed by atoms with Crippen molar-refractivity contribution < 1.29 is 9.18 Å². The summed E-state index contributed by atoms with van der Waals surface area (Å²) in [6.45, 7) is 4.52. The van der Waals surface area contributed by atoms with Crippen molar-refractivity contribution >= 4 is 34.0 Å². The third kappa shape index (κ3) is 3.68. The van der Waals surface area contributed by atoms with Gasteiger partial charge in [0, 0.05) is 56.5 Å². The molecule has 168 valence electrons. The van der Waals surface area contributed by atoms with Crippen LogP contribution in [0.25, 0.3) is 16.7 Å². The van der Waals surface area contributed by atoms with Crippen molar-refractivity contribution in [3.8, 4) is 0 Å². The Morgan fingerprint density at radius 1 is 1.18 bits per heavy atom. The Kier molecular flexibility index (Phi) is 4.72. The highest BCUT2D eigenvalue weighted by molar-refractivity contribution is 6.13. The summed E-state index contributed by atoms with van der Waals surface area (Å²) in [7, 11) is 0. The molecule has 9 heteroatoms. The molecule has 2 N–H and O–H groups in total. The lowest BCUT2D eigenvalue weighted by Crippen LogP contribution is -2.51. The predicted octanol–water partition coefficient (Wildman–Crippen LogP) is 3.17. The maximum atomic E-state index is 14.4. The molecular weight excluding hydrogens is 421 g/mol. The second-order valence-electron chi connectivity index (χ2n) is 8.87. The highest BCUT2D eigenvalue weighted by Gasteiger charge is 2.34. The van der Waals surface area contributed by atoms with E-state index in [1.54, 1.807) is 42.2 Å². The van der Waals surface area contributed by atoms with Gasteiger partial charge in [-0.1, -0.05) is 0 Å². The zero-order valence-electron chi connectivity index (χ0n) is 18.3. The summed E-state index contributed by atoms with van der Waals surface area (Å²) >= 11 is 0. The lowest BCUT2D eigenvalue weighted by molar-refractivity contribution is 0.102. The molecule has 1 unspecified atom stereocenters. The van der Waals surface area contributed by atoms with E-state index in [1.807, 2.05) is 6.07 Å². The monoisotopic (exact) mass is 445 g/mol. The largest absolute Gasteiger partial charge is 0.367 e. The van der Waals surface area contributed by atoms with E-state index in [1.165, 1.54) is 18.9 Å². The molecule has 0 radical (unpaired) electrons. The Bertz CT molecular complexity index is 1380. The fourth-order valence-corrected chi connectivity index (χ4v) is 4.74. The summed E-state index contributed by atoms with van der Waals surface area (Å²) in [5.41, 5.74) is 3.90. The highest BCUT2D eigenvalue weighted by Crippen LogP contribution is 2.35. The van der Waals surface area contributed by atoms with Gasteiger partial charge < -0.3 is 19.9 Å². The number of nitrogens with one attached hydrogen (secondary N) is 2. The highest BCUT2D eigenvalue weighted by atomic mass is 19.1. The van der Waals surface area contributed by atoms with Crippen LogP contribution in [0.5, 0.6) is 0 Å². The van der Waals surface area contributed by atoms with Gasteiger partial charge in [-0.2, -0.15) is 0 Å². The SMILES string of the molecule is Cc1cn2cc(NC(=O)c3ccc(N4CCNC(C5CC5)C4)c4nccnc34)cc(F)c2n1. The minimum atomic E-state index is -0.496. The van der Waals surface area contributed by atoms with Crippen molar-refractivity contribution in [2.45, 2.75) is 25.8 Å². The van der Waals surface area contributed by atoms with Crippen LogP contribution in [0, 0.1) is 18.7 Å². The van der Waals surface area contributed by atoms with Gasteiger partial charge in [-0.25, -0.2) is 9.37 Å². The maximum absolute atomic E-state index is 14.4. The number of pyridine rings is 1. The molecule has 6 rings (SSSR count). The number of anilines is 2. The van der Waals surface area contributed by atoms with Crippen LogP contribution >= 0.6 is 0 Å². The van der Waals surface area contributed by atoms with E-state index in [-0.39, 0.29) is 11.6 Å². The Labute approximate surface area is 189 Å². The minimum absolute atomic E-state index is 0.228. The van der Waals surface area contributed by atoms with Crippen LogP contribution in [0.3, 0.4) is 0 Å². The van der Waals surface area contributed by atoms with Gasteiger partial charge in [0.05, 0.1) is 22.6 Å². The van der Waals surface area contributed by atoms with E-state index in [0.29, 0.717) is 34.0 Å². The number of hydrogen-bond acceptors (Lipinski definition) is 6. The number of carbonyl (C=O) groups is 1. The Hall–Kier alpha value is -3.59. The van der Waals surface area contributed by atoms with E-state index >= 15 is 0 Å². The molecule has 1 saturated carbocycles. The standard InChI is InChI=1S/C24H24FN7O/c1-14-11-32-12-16(10-18(25)23(32)29-14)30-24(33)17-4-5-20(22-21(17)27-6-7-28-22)31-9-8-26-19(13-31)15-2-3-15/h4-7,10-12,15,19,26H,2-3,8-9,13H2,1H3,(H,30,33). The lowest BCUT2D eigenvalue weighted by Gasteiger charge is -2.35. The summed E-state index contributed by atoms with van der Waals surface area (Å²) in [6.07, 6.45) is 9.18. The Balaban J connectivity index is 1.32. The number of imidazole rings is 1. The van der Waals surface area contributed by atoms with Gasteiger partial charge in [0.25, 0.3) is 5.91 Å². The number of carbonyl (C=O) groups excluding carboxylic acids is 1. The number of rotatable bonds is 4. The first-order chi connectivity index (χ1) is 16.1. The molecule has 2 aliphatic rings. The normalized spacial score (nSPS) is 18.7. The zero-order valence-corrected chi connectivity index (χ0v) is 18.3. The van der Waals surface area contributed by atoms with Crippen molar-refractivity contribution in [1.82, 2.24) is 24.7 Å². The molecule has 0 bridgehead atoms. The van der Waals surface area contributed by atoms with Crippen LogP contribution in [0.1, 0.15) is 28.9 Å². The molecule has 3 aromatic heterocycles. The van der Waals surface area contributed by atoms with Gasteiger partial charge in [-0.15, -0.1) is 0 Å². The molecule has 1 aromatic carbocycles. The van der Waals surface area contributed by atoms with Crippen LogP contribution in [0.15, 0.2) is 43.0 Å². The summed E-state index contributed by atoms with van der Waals surface area (Å²) < 4.78 is 16.0. The molecule has 1 aliphatic heterocycles. The van der Waals surface area contributed by atoms with Gasteiger partial charge in [0.2, 0.25) is 0 Å². The van der Waals surface area contributed by atoms with Crippen molar-refractivity contribution in [1.29, 1.82) is 0 Å². The van der Waals surface area contributed by atoms with Crippen LogP contribution in [0.2, 0.25) is 0 Å². The van der Waals surface area contributed by atoms with Crippen molar-refractivity contribution in [3.05, 3.63) is 60.1 Å². The van der Waals surface area contributed by atoms with E-state index < -0.39 is 5.82 Å². The summed E-state index contributed by atoms with van der Waals surface area (Å²) in [4.78, 5) is 28.7. The lowest BCUT2D eigenvalue weighted by atomic mass is 10.1. The molecule has 4 heterocycles. The van der Waals surface area contributed by atoms with Gasteiger partial charge in [0.1, 0.15) is 11.0 Å². The molecular formula is C24H24FN7O. The van der Waals surface area contributed by atoms with Gasteiger partial charge in [0.15, 0.2) is 11.5 Å². The number of amides is 1. The van der Waals surface area contributed by atoms with Crippen LogP contribution in [-0.4, -0.2) is 50.9 Å². The molecule has 8 nitrogen and oxygen atoms in total. The van der Waals surface area contributed by atoms with Crippen LogP contribution in [0.4, 0.5) is 15.8 Å². The van der Waals surface area contributed by atoms with E-state index in [4.69, 9.17) is 0 Å². The number of fused-ring (bicyclic) bond motifs is 2. The molecule has 1 amide bonds. The zero-order chi connectivity index (χ0) is 22.5. The fourth-order valence-electron chi connectivity index (χ4n) is 4.74. The third-order valence-corrected chi connectivity index (χ3v) is 6.47. The van der Waals surface area contributed by atoms with Gasteiger partial charge >= 0.3 is 0 Å². The summed E-state index contributed by atoms with van der Waals surface area (Å²) in [6, 6.07) is 5.50. The molecule has 1 atom stereocenters. The number of piperazine rings is 1. The van der Waals surface area contributed by atoms with Gasteiger partial charge in [-0.3, -0.25) is 14.8 Å². The Morgan fingerprint density at radius 2 is 2.00 bits per heavy atom. The number of hydrogen-bond donors (Lipinski definition) is 2. The number of aryl methyl sites for hydroxylation is 1. The second kappa shape index (κ2) is 7.77. The summed E-state index contributed by atoms with van der Waals surface area (Å²) in [5, 5.41) is 6.43. The predicted molar refractivity (Wildman–Crippen MR) is 124 cm³/mol. The number of nitrogens with zero attached hydrogens (tertiary/aromatic N) is 5. The van der Waals surface area contributed by atoms with Crippen LogP contribution in [-0.2, 0) is 0 Å². The van der Waals surface area contributed by atoms with Crippen LogP contribution < -0.4 is 15.5 Å². The van der Waals surface area contributed by atoms with Crippen molar-refractivity contribution in [3.63, 3.8) is 0 Å². The molecule has 1 saturated heterocycles. The summed E-state index contributed by atoms with van der Waals surface area (Å²) in [5.74, 6) is -0.101. The van der Waals surface area contributed by atoms with E-state index in [2.05, 4.69) is 30.5 Å². The van der Waals surface area contributed by atoms with Crippen molar-refractivity contribution in [2.24, 2.45) is 5.92 Å². The molecule has 2 fully saturated rings. The fraction of sp³-hybridized carbons (Fsp3) is 0.333. The smallest absolute Gasteiger partial charge is 0.257 e. The molecule has 4 aromatic rings. The average Bonchev–Trinajstić information content (AvgIpc) is 3.60. The first kappa shape index (κ1) is 20.0. The number of aromatic nitrogens is 4. The number of halogens is 1. The first-order valence-corrected chi connectivity index (χ1v) is 11.2. The Morgan fingerprint density at radius 3 is 2.82 bits per heavy atom. The average molecular weight is 446 g/mol. The molecule has 1 aliphatic carbocycles. The number of benzene rings is 1.